The van der Waals surface area contributed by atoms with Gasteiger partial charge in [-0.05, 0) is 38.8 Å². The molecule has 0 unspecified atom stereocenters. The van der Waals surface area contributed by atoms with E-state index in [1.54, 1.807) is 13.8 Å². The summed E-state index contributed by atoms with van der Waals surface area (Å²) >= 11 is 0. The van der Waals surface area contributed by atoms with Gasteiger partial charge in [0.2, 0.25) is 0 Å². The number of rotatable bonds is 3. The number of nitrogens with zero attached hydrogens (tertiary/aromatic N) is 1. The van der Waals surface area contributed by atoms with Crippen molar-refractivity contribution in [1.82, 2.24) is 4.90 Å². The quantitative estimate of drug-likeness (QED) is 0.768. The van der Waals surface area contributed by atoms with Crippen molar-refractivity contribution in [2.75, 3.05) is 19.6 Å². The summed E-state index contributed by atoms with van der Waals surface area (Å²) in [5, 5.41) is 0. The smallest absolute Gasteiger partial charge is 0.299 e. The zero-order valence-corrected chi connectivity index (χ0v) is 10.6. The van der Waals surface area contributed by atoms with Gasteiger partial charge < -0.3 is 0 Å². The van der Waals surface area contributed by atoms with E-state index in [0.717, 1.165) is 0 Å². The van der Waals surface area contributed by atoms with Crippen molar-refractivity contribution in [3.8, 4) is 0 Å². The van der Waals surface area contributed by atoms with Crippen molar-refractivity contribution in [3.63, 3.8) is 0 Å². The lowest BCUT2D eigenvalue weighted by molar-refractivity contribution is -0.253. The Morgan fingerprint density at radius 3 is 2.06 bits per heavy atom. The van der Waals surface area contributed by atoms with Crippen molar-refractivity contribution in [2.45, 2.75) is 39.8 Å². The van der Waals surface area contributed by atoms with E-state index >= 15 is 0 Å². The van der Waals surface area contributed by atoms with Crippen molar-refractivity contribution in [2.24, 2.45) is 11.3 Å². The van der Waals surface area contributed by atoms with Crippen LogP contribution in [-0.4, -0.2) is 36.5 Å². The monoisotopic (exact) mass is 251 g/mol. The van der Waals surface area contributed by atoms with Gasteiger partial charge in [-0.15, -0.1) is 0 Å². The maximum absolute atomic E-state index is 13.2. The third kappa shape index (κ3) is 3.00. The van der Waals surface area contributed by atoms with E-state index in [1.807, 2.05) is 4.90 Å². The van der Waals surface area contributed by atoms with Crippen molar-refractivity contribution in [1.29, 1.82) is 0 Å². The molecule has 0 amide bonds. The molecule has 0 saturated carbocycles. The summed E-state index contributed by atoms with van der Waals surface area (Å²) in [4.78, 5) is 12.8. The minimum Gasteiger partial charge on any atom is -0.299 e. The number of Topliss-reactive ketones (excluding diaryl/α,β-unsaturated/α-hetero) is 1. The summed E-state index contributed by atoms with van der Waals surface area (Å²) in [5.41, 5.74) is -1.57. The van der Waals surface area contributed by atoms with Crippen LogP contribution in [0.5, 0.6) is 0 Å². The molecular weight excluding hydrogens is 231 g/mol. The number of likely N-dealkylation sites (tertiary alicyclic amines) is 1. The number of piperidine rings is 1. The Bertz CT molecular complexity index is 278. The second kappa shape index (κ2) is 4.96. The van der Waals surface area contributed by atoms with Crippen molar-refractivity contribution < 1.29 is 18.0 Å². The zero-order chi connectivity index (χ0) is 13.3. The van der Waals surface area contributed by atoms with E-state index in [4.69, 9.17) is 0 Å². The van der Waals surface area contributed by atoms with Crippen LogP contribution in [-0.2, 0) is 4.79 Å². The van der Waals surface area contributed by atoms with Crippen LogP contribution in [0.15, 0.2) is 0 Å². The number of ketones is 1. The molecule has 0 spiro atoms. The molecule has 0 aliphatic carbocycles. The lowest BCUT2D eigenvalue weighted by Crippen LogP contribution is -2.51. The second-order valence-corrected chi connectivity index (χ2v) is 5.29. The molecule has 0 bridgehead atoms. The summed E-state index contributed by atoms with van der Waals surface area (Å²) in [6.07, 6.45) is -3.95. The highest BCUT2D eigenvalue weighted by Crippen LogP contribution is 2.51. The number of halogens is 3. The van der Waals surface area contributed by atoms with E-state index in [0.29, 0.717) is 13.1 Å². The van der Waals surface area contributed by atoms with Crippen LogP contribution in [0.3, 0.4) is 0 Å². The first-order valence-electron chi connectivity index (χ1n) is 5.97. The van der Waals surface area contributed by atoms with Crippen LogP contribution < -0.4 is 0 Å². The molecule has 17 heavy (non-hydrogen) atoms. The van der Waals surface area contributed by atoms with Crippen LogP contribution >= 0.6 is 0 Å². The molecule has 1 aliphatic heterocycles. The van der Waals surface area contributed by atoms with Crippen LogP contribution in [0.4, 0.5) is 13.2 Å². The standard InChI is InChI=1S/C12H20F3NO/c1-9(2)11(12(13,14)15)4-6-16(7-5-11)8-10(3)17/h9H,4-8H2,1-3H3. The summed E-state index contributed by atoms with van der Waals surface area (Å²) in [7, 11) is 0. The van der Waals surface area contributed by atoms with Crippen LogP contribution in [0.1, 0.15) is 33.6 Å². The molecule has 100 valence electrons. The van der Waals surface area contributed by atoms with E-state index in [9.17, 15) is 18.0 Å². The Morgan fingerprint density at radius 2 is 1.76 bits per heavy atom. The Morgan fingerprint density at radius 1 is 1.29 bits per heavy atom. The lowest BCUT2D eigenvalue weighted by Gasteiger charge is -2.45. The van der Waals surface area contributed by atoms with Gasteiger partial charge in [0.1, 0.15) is 5.78 Å². The first-order valence-corrected chi connectivity index (χ1v) is 5.97. The summed E-state index contributed by atoms with van der Waals surface area (Å²) in [6.45, 7) is 5.72. The molecule has 1 fully saturated rings. The average Bonchev–Trinajstić information content (AvgIpc) is 2.15. The maximum Gasteiger partial charge on any atom is 0.394 e. The molecule has 1 heterocycles. The molecule has 2 nitrogen and oxygen atoms in total. The normalized spacial score (nSPS) is 21.8. The van der Waals surface area contributed by atoms with Gasteiger partial charge in [0.05, 0.1) is 12.0 Å². The molecule has 0 aromatic rings. The highest BCUT2D eigenvalue weighted by atomic mass is 19.4. The fourth-order valence-corrected chi connectivity index (χ4v) is 2.61. The number of carbonyl (C=O) groups excluding carboxylic acids is 1. The molecule has 1 rings (SSSR count). The number of hydrogen-bond acceptors (Lipinski definition) is 2. The molecule has 0 aromatic heterocycles. The number of hydrogen-bond donors (Lipinski definition) is 0. The van der Waals surface area contributed by atoms with Gasteiger partial charge in [-0.3, -0.25) is 9.69 Å². The Labute approximate surface area is 100 Å². The molecule has 0 atom stereocenters. The molecule has 1 aliphatic rings. The maximum atomic E-state index is 13.2. The predicted molar refractivity (Wildman–Crippen MR) is 59.7 cm³/mol. The molecular formula is C12H20F3NO. The first kappa shape index (κ1) is 14.5. The topological polar surface area (TPSA) is 20.3 Å². The minimum absolute atomic E-state index is 0.00838. The van der Waals surface area contributed by atoms with Crippen LogP contribution in [0, 0.1) is 11.3 Å². The van der Waals surface area contributed by atoms with Gasteiger partial charge in [-0.2, -0.15) is 13.2 Å². The zero-order valence-electron chi connectivity index (χ0n) is 10.6. The number of carbonyl (C=O) groups is 1. The van der Waals surface area contributed by atoms with Gasteiger partial charge in [-0.25, -0.2) is 0 Å². The van der Waals surface area contributed by atoms with Crippen molar-refractivity contribution >= 4 is 5.78 Å². The average molecular weight is 251 g/mol. The van der Waals surface area contributed by atoms with Crippen molar-refractivity contribution in [3.05, 3.63) is 0 Å². The van der Waals surface area contributed by atoms with Crippen LogP contribution in [0.2, 0.25) is 0 Å². The molecule has 1 saturated heterocycles. The highest BCUT2D eigenvalue weighted by molar-refractivity contribution is 5.77. The minimum atomic E-state index is -4.15. The summed E-state index contributed by atoms with van der Waals surface area (Å²) in [6, 6.07) is 0. The highest BCUT2D eigenvalue weighted by Gasteiger charge is 2.57. The molecule has 0 N–H and O–H groups in total. The van der Waals surface area contributed by atoms with Gasteiger partial charge in [-0.1, -0.05) is 13.8 Å². The Hall–Kier alpha value is -0.580. The first-order chi connectivity index (χ1) is 7.69. The Balaban J connectivity index is 2.72. The second-order valence-electron chi connectivity index (χ2n) is 5.29. The summed E-state index contributed by atoms with van der Waals surface area (Å²) in [5.74, 6) is -0.406. The third-order valence-electron chi connectivity index (χ3n) is 3.86. The Kier molecular flexibility index (Phi) is 4.23. The van der Waals surface area contributed by atoms with Gasteiger partial charge in [0.15, 0.2) is 0 Å². The van der Waals surface area contributed by atoms with E-state index in [-0.39, 0.29) is 25.2 Å². The van der Waals surface area contributed by atoms with Gasteiger partial charge >= 0.3 is 6.18 Å². The predicted octanol–water partition coefficient (Wildman–Crippen LogP) is 2.88. The van der Waals surface area contributed by atoms with E-state index < -0.39 is 17.5 Å². The molecule has 0 radical (unpaired) electrons. The third-order valence-corrected chi connectivity index (χ3v) is 3.86. The largest absolute Gasteiger partial charge is 0.394 e. The summed E-state index contributed by atoms with van der Waals surface area (Å²) < 4.78 is 39.5. The van der Waals surface area contributed by atoms with E-state index in [1.165, 1.54) is 6.92 Å². The molecule has 5 heteroatoms. The fraction of sp³-hybridized carbons (Fsp3) is 0.917. The lowest BCUT2D eigenvalue weighted by atomic mass is 9.69. The fourth-order valence-electron chi connectivity index (χ4n) is 2.61. The SMILES string of the molecule is CC(=O)CN1CCC(C(C)C)(C(F)(F)F)CC1. The molecule has 0 aromatic carbocycles. The van der Waals surface area contributed by atoms with E-state index in [2.05, 4.69) is 0 Å². The number of alkyl halides is 3. The van der Waals surface area contributed by atoms with Crippen LogP contribution in [0.25, 0.3) is 0 Å². The van der Waals surface area contributed by atoms with Gasteiger partial charge in [0.25, 0.3) is 0 Å². The van der Waals surface area contributed by atoms with Gasteiger partial charge in [0, 0.05) is 0 Å².